The molecule has 0 spiro atoms. The zero-order valence-corrected chi connectivity index (χ0v) is 17.6. The van der Waals surface area contributed by atoms with E-state index >= 15 is 0 Å². The smallest absolute Gasteiger partial charge is 0.193 e. The first-order valence-corrected chi connectivity index (χ1v) is 9.66. The lowest BCUT2D eigenvalue weighted by Crippen LogP contribution is -2.16. The van der Waals surface area contributed by atoms with E-state index in [0.717, 1.165) is 16.9 Å². The molecule has 0 bridgehead atoms. The third-order valence-electron chi connectivity index (χ3n) is 4.62. The number of hydrogen-bond donors (Lipinski definition) is 2. The van der Waals surface area contributed by atoms with Gasteiger partial charge in [0.1, 0.15) is 5.82 Å². The summed E-state index contributed by atoms with van der Waals surface area (Å²) in [6, 6.07) is 13.1. The van der Waals surface area contributed by atoms with E-state index < -0.39 is 6.10 Å². The van der Waals surface area contributed by atoms with Crippen molar-refractivity contribution in [3.05, 3.63) is 88.4 Å². The summed E-state index contributed by atoms with van der Waals surface area (Å²) in [6.07, 6.45) is 11.4. The number of allylic oxidation sites excluding steroid dienone is 3. The Morgan fingerprint density at radius 1 is 1.30 bits per heavy atom. The number of aliphatic hydroxyl groups excluding tert-OH is 1. The average molecular weight is 402 g/mol. The molecule has 0 saturated carbocycles. The van der Waals surface area contributed by atoms with Crippen LogP contribution in [0, 0.1) is 19.8 Å². The monoisotopic (exact) mass is 401 g/mol. The summed E-state index contributed by atoms with van der Waals surface area (Å²) < 4.78 is 1.91. The van der Waals surface area contributed by atoms with Crippen LogP contribution in [0.25, 0.3) is 16.7 Å². The van der Waals surface area contributed by atoms with Gasteiger partial charge in [-0.05, 0) is 50.1 Å². The summed E-state index contributed by atoms with van der Waals surface area (Å²) in [7, 11) is 0. The maximum atomic E-state index is 12.9. The number of benzene rings is 1. The second-order valence-electron chi connectivity index (χ2n) is 6.76. The van der Waals surface area contributed by atoms with Gasteiger partial charge in [0.25, 0.3) is 0 Å². The Bertz CT molecular complexity index is 1140. The maximum Gasteiger partial charge on any atom is 0.193 e. The molecule has 1 aromatic carbocycles. The molecule has 3 rings (SSSR count). The highest BCUT2D eigenvalue weighted by Crippen LogP contribution is 2.26. The normalized spacial score (nSPS) is 12.0. The second kappa shape index (κ2) is 10.2. The number of anilines is 1. The van der Waals surface area contributed by atoms with Gasteiger partial charge in [-0.25, -0.2) is 4.98 Å². The van der Waals surface area contributed by atoms with Gasteiger partial charge in [-0.1, -0.05) is 37.8 Å². The molecule has 1 unspecified atom stereocenters. The Hall–Kier alpha value is -3.62. The van der Waals surface area contributed by atoms with Crippen molar-refractivity contribution >= 4 is 16.9 Å². The lowest BCUT2D eigenvalue weighted by Gasteiger charge is -2.20. The van der Waals surface area contributed by atoms with E-state index in [1.807, 2.05) is 61.7 Å². The SMILES string of the molecule is C#C.C=C/C=C(\C)Nc1cc(=O)c2c(C)cc(C(O)CC)nc2n1-c1ccccc1. The summed E-state index contributed by atoms with van der Waals surface area (Å²) in [5.74, 6) is 0.606. The molecule has 0 fully saturated rings. The first kappa shape index (κ1) is 22.7. The summed E-state index contributed by atoms with van der Waals surface area (Å²) in [4.78, 5) is 17.6. The maximum absolute atomic E-state index is 12.9. The van der Waals surface area contributed by atoms with Crippen LogP contribution in [0.2, 0.25) is 0 Å². The third-order valence-corrected chi connectivity index (χ3v) is 4.62. The molecule has 1 atom stereocenters. The van der Waals surface area contributed by atoms with Crippen LogP contribution in [0.1, 0.15) is 37.6 Å². The van der Waals surface area contributed by atoms with Crippen molar-refractivity contribution in [1.29, 1.82) is 0 Å². The van der Waals surface area contributed by atoms with Crippen LogP contribution in [0.4, 0.5) is 5.82 Å². The number of rotatable bonds is 6. The number of pyridine rings is 2. The van der Waals surface area contributed by atoms with E-state index in [4.69, 9.17) is 4.98 Å². The second-order valence-corrected chi connectivity index (χ2v) is 6.76. The standard InChI is InChI=1S/C23H25N3O2.C2H2/c1-5-10-16(4)24-21-14-20(28)22-15(3)13-18(19(27)6-2)25-23(22)26(21)17-11-8-7-9-12-17;1-2/h5,7-14,19,24,27H,1,6H2,2-4H3;1-2H/b16-10+;. The van der Waals surface area contributed by atoms with Gasteiger partial charge in [-0.2, -0.15) is 0 Å². The Morgan fingerprint density at radius 3 is 2.57 bits per heavy atom. The minimum atomic E-state index is -0.679. The minimum absolute atomic E-state index is 0.112. The average Bonchev–Trinajstić information content (AvgIpc) is 2.75. The van der Waals surface area contributed by atoms with Crippen molar-refractivity contribution in [2.75, 3.05) is 5.32 Å². The van der Waals surface area contributed by atoms with Gasteiger partial charge in [0, 0.05) is 17.5 Å². The Balaban J connectivity index is 0.00000155. The molecule has 5 heteroatoms. The Morgan fingerprint density at radius 2 is 1.97 bits per heavy atom. The number of nitrogens with one attached hydrogen (secondary N) is 1. The van der Waals surface area contributed by atoms with E-state index in [2.05, 4.69) is 24.7 Å². The lowest BCUT2D eigenvalue weighted by molar-refractivity contribution is 0.169. The van der Waals surface area contributed by atoms with Crippen LogP contribution in [0.5, 0.6) is 0 Å². The Labute approximate surface area is 177 Å². The third kappa shape index (κ3) is 4.68. The zero-order valence-electron chi connectivity index (χ0n) is 17.6. The molecule has 30 heavy (non-hydrogen) atoms. The van der Waals surface area contributed by atoms with Crippen LogP contribution < -0.4 is 10.7 Å². The number of aromatic nitrogens is 2. The fourth-order valence-electron chi connectivity index (χ4n) is 3.25. The molecule has 2 heterocycles. The number of aryl methyl sites for hydroxylation is 1. The highest BCUT2D eigenvalue weighted by atomic mass is 16.3. The van der Waals surface area contributed by atoms with E-state index in [1.54, 1.807) is 18.2 Å². The van der Waals surface area contributed by atoms with E-state index in [1.165, 1.54) is 0 Å². The summed E-state index contributed by atoms with van der Waals surface area (Å²) in [5, 5.41) is 14.2. The van der Waals surface area contributed by atoms with Crippen LogP contribution in [-0.4, -0.2) is 14.7 Å². The quantitative estimate of drug-likeness (QED) is 0.456. The molecule has 3 aromatic rings. The van der Waals surface area contributed by atoms with Crippen molar-refractivity contribution in [2.24, 2.45) is 0 Å². The molecule has 0 aliphatic rings. The number of aliphatic hydroxyl groups is 1. The van der Waals surface area contributed by atoms with Crippen molar-refractivity contribution in [2.45, 2.75) is 33.3 Å². The minimum Gasteiger partial charge on any atom is -0.387 e. The van der Waals surface area contributed by atoms with Crippen LogP contribution in [0.3, 0.4) is 0 Å². The first-order chi connectivity index (χ1) is 14.5. The van der Waals surface area contributed by atoms with Gasteiger partial charge in [-0.15, -0.1) is 12.8 Å². The molecular weight excluding hydrogens is 374 g/mol. The number of terminal acetylenes is 1. The van der Waals surface area contributed by atoms with Crippen LogP contribution in [-0.2, 0) is 0 Å². The van der Waals surface area contributed by atoms with Gasteiger partial charge in [-0.3, -0.25) is 9.36 Å². The molecular formula is C25H27N3O2. The number of nitrogens with zero attached hydrogens (tertiary/aromatic N) is 2. The zero-order chi connectivity index (χ0) is 22.3. The van der Waals surface area contributed by atoms with Crippen molar-refractivity contribution in [1.82, 2.24) is 9.55 Å². The molecule has 2 aromatic heterocycles. The number of fused-ring (bicyclic) bond motifs is 1. The molecule has 0 amide bonds. The largest absolute Gasteiger partial charge is 0.387 e. The first-order valence-electron chi connectivity index (χ1n) is 9.66. The highest BCUT2D eigenvalue weighted by molar-refractivity contribution is 5.83. The van der Waals surface area contributed by atoms with Crippen molar-refractivity contribution in [3.63, 3.8) is 0 Å². The van der Waals surface area contributed by atoms with Crippen LogP contribution >= 0.6 is 0 Å². The van der Waals surface area contributed by atoms with Gasteiger partial charge >= 0.3 is 0 Å². The topological polar surface area (TPSA) is 67.2 Å². The van der Waals surface area contributed by atoms with E-state index in [9.17, 15) is 9.90 Å². The van der Waals surface area contributed by atoms with Crippen molar-refractivity contribution < 1.29 is 5.11 Å². The van der Waals surface area contributed by atoms with Gasteiger partial charge in [0.05, 0.1) is 17.2 Å². The molecule has 0 radical (unpaired) electrons. The predicted molar refractivity (Wildman–Crippen MR) is 125 cm³/mol. The fraction of sp³-hybridized carbons (Fsp3) is 0.200. The number of para-hydroxylation sites is 1. The van der Waals surface area contributed by atoms with Gasteiger partial charge < -0.3 is 10.4 Å². The lowest BCUT2D eigenvalue weighted by atomic mass is 10.1. The Kier molecular flexibility index (Phi) is 7.74. The van der Waals surface area contributed by atoms with E-state index in [-0.39, 0.29) is 5.43 Å². The molecule has 0 aliphatic heterocycles. The van der Waals surface area contributed by atoms with Gasteiger partial charge in [0.2, 0.25) is 0 Å². The summed E-state index contributed by atoms with van der Waals surface area (Å²) in [6.45, 7) is 9.40. The predicted octanol–water partition coefficient (Wildman–Crippen LogP) is 4.89. The highest BCUT2D eigenvalue weighted by Gasteiger charge is 2.17. The molecule has 5 nitrogen and oxygen atoms in total. The van der Waals surface area contributed by atoms with Crippen LogP contribution in [0.15, 0.2) is 71.7 Å². The molecule has 2 N–H and O–H groups in total. The molecule has 0 aliphatic carbocycles. The molecule has 154 valence electrons. The summed E-state index contributed by atoms with van der Waals surface area (Å²) in [5.41, 5.74) is 3.49. The molecule has 0 saturated heterocycles. The fourth-order valence-corrected chi connectivity index (χ4v) is 3.25. The van der Waals surface area contributed by atoms with Gasteiger partial charge in [0.15, 0.2) is 11.1 Å². The van der Waals surface area contributed by atoms with E-state index in [0.29, 0.717) is 29.0 Å². The number of hydrogen-bond acceptors (Lipinski definition) is 4. The van der Waals surface area contributed by atoms with Crippen molar-refractivity contribution in [3.8, 4) is 18.5 Å². The summed E-state index contributed by atoms with van der Waals surface area (Å²) >= 11 is 0.